The highest BCUT2D eigenvalue weighted by molar-refractivity contribution is 6.03. The van der Waals surface area contributed by atoms with Crippen molar-refractivity contribution >= 4 is 17.2 Å². The molecule has 0 unspecified atom stereocenters. The highest BCUT2D eigenvalue weighted by Gasteiger charge is 2.38. The van der Waals surface area contributed by atoms with Crippen molar-refractivity contribution in [3.8, 4) is 22.4 Å². The third-order valence-electron chi connectivity index (χ3n) is 9.30. The fraction of sp³-hybridized carbons (Fsp3) is 0.417. The fourth-order valence-electron chi connectivity index (χ4n) is 6.74. The molecule has 2 aliphatic heterocycles. The molecule has 2 atom stereocenters. The van der Waals surface area contributed by atoms with E-state index >= 15 is 0 Å². The third-order valence-corrected chi connectivity index (χ3v) is 9.30. The van der Waals surface area contributed by atoms with E-state index in [2.05, 4.69) is 70.4 Å². The smallest absolute Gasteiger partial charge is 0.245 e. The Morgan fingerprint density at radius 1 is 0.977 bits per heavy atom. The van der Waals surface area contributed by atoms with Gasteiger partial charge in [0.05, 0.1) is 25.0 Å². The maximum atomic E-state index is 13.6. The molecule has 224 valence electrons. The van der Waals surface area contributed by atoms with Crippen LogP contribution in [0, 0.1) is 5.92 Å². The second-order valence-corrected chi connectivity index (χ2v) is 12.5. The van der Waals surface area contributed by atoms with Crippen molar-refractivity contribution in [1.82, 2.24) is 20.2 Å². The third kappa shape index (κ3) is 6.17. The number of aromatic nitrogens is 2. The Morgan fingerprint density at radius 3 is 2.28 bits per heavy atom. The van der Waals surface area contributed by atoms with E-state index in [9.17, 15) is 4.79 Å². The second-order valence-electron chi connectivity index (χ2n) is 12.5. The summed E-state index contributed by atoms with van der Waals surface area (Å²) in [5, 5.41) is 3.16. The number of aromatic amines is 1. The Labute approximate surface area is 255 Å². The van der Waals surface area contributed by atoms with Crippen LogP contribution in [0.25, 0.3) is 28.0 Å². The van der Waals surface area contributed by atoms with Crippen molar-refractivity contribution in [3.63, 3.8) is 0 Å². The Bertz CT molecular complexity index is 1510. The van der Waals surface area contributed by atoms with Crippen LogP contribution in [-0.4, -0.2) is 52.2 Å². The van der Waals surface area contributed by atoms with Gasteiger partial charge in [0, 0.05) is 30.8 Å². The highest BCUT2D eigenvalue weighted by atomic mass is 16.5. The minimum Gasteiger partial charge on any atom is -0.483 e. The van der Waals surface area contributed by atoms with Crippen LogP contribution >= 0.6 is 0 Å². The molecule has 1 saturated carbocycles. The predicted molar refractivity (Wildman–Crippen MR) is 173 cm³/mol. The maximum Gasteiger partial charge on any atom is 0.245 e. The Morgan fingerprint density at radius 2 is 1.63 bits per heavy atom. The van der Waals surface area contributed by atoms with Gasteiger partial charge in [0.2, 0.25) is 5.91 Å². The number of carbonyl (C=O) groups excluding carboxylic acids is 1. The van der Waals surface area contributed by atoms with Crippen molar-refractivity contribution in [3.05, 3.63) is 84.8 Å². The first kappa shape index (κ1) is 29.0. The average molecular weight is 578 g/mol. The van der Waals surface area contributed by atoms with E-state index in [-0.39, 0.29) is 23.9 Å². The Hall–Kier alpha value is -4.13. The van der Waals surface area contributed by atoms with Crippen LogP contribution in [0.1, 0.15) is 76.1 Å². The summed E-state index contributed by atoms with van der Waals surface area (Å²) >= 11 is 0. The summed E-state index contributed by atoms with van der Waals surface area (Å²) in [7, 11) is 1.56. The summed E-state index contributed by atoms with van der Waals surface area (Å²) in [6.45, 7) is 8.69. The number of carbonyl (C=O) groups is 1. The van der Waals surface area contributed by atoms with E-state index in [1.54, 1.807) is 7.11 Å². The normalized spacial score (nSPS) is 19.4. The van der Waals surface area contributed by atoms with Gasteiger partial charge < -0.3 is 19.9 Å². The van der Waals surface area contributed by atoms with E-state index in [0.29, 0.717) is 11.8 Å². The van der Waals surface area contributed by atoms with Crippen molar-refractivity contribution < 1.29 is 9.53 Å². The molecule has 7 heteroatoms. The first-order valence-corrected chi connectivity index (χ1v) is 15.7. The molecule has 6 rings (SSSR count). The van der Waals surface area contributed by atoms with Gasteiger partial charge in [-0.1, -0.05) is 75.2 Å². The molecular weight excluding hydrogens is 534 g/mol. The molecule has 7 nitrogen and oxygen atoms in total. The maximum absolute atomic E-state index is 13.6. The largest absolute Gasteiger partial charge is 0.483 e. The molecule has 0 radical (unpaired) electrons. The summed E-state index contributed by atoms with van der Waals surface area (Å²) in [6.07, 6.45) is 11.7. The molecule has 1 aliphatic carbocycles. The van der Waals surface area contributed by atoms with Crippen molar-refractivity contribution in [2.24, 2.45) is 10.9 Å². The number of aliphatic imine (C=N–C) groups is 1. The lowest BCUT2D eigenvalue weighted by Gasteiger charge is -2.31. The van der Waals surface area contributed by atoms with Crippen molar-refractivity contribution in [2.45, 2.75) is 76.8 Å². The lowest BCUT2D eigenvalue weighted by molar-refractivity contribution is -0.134. The highest BCUT2D eigenvalue weighted by Crippen LogP contribution is 2.34. The number of benzene rings is 2. The van der Waals surface area contributed by atoms with Crippen molar-refractivity contribution in [2.75, 3.05) is 13.7 Å². The molecule has 1 saturated heterocycles. The van der Waals surface area contributed by atoms with Crippen LogP contribution < -0.4 is 5.32 Å². The summed E-state index contributed by atoms with van der Waals surface area (Å²) in [4.78, 5) is 28.6. The summed E-state index contributed by atoms with van der Waals surface area (Å²) in [5.41, 5.74) is 8.06. The van der Waals surface area contributed by atoms with Gasteiger partial charge in [0.15, 0.2) is 5.88 Å². The minimum atomic E-state index is -0.377. The quantitative estimate of drug-likeness (QED) is 0.248. The number of amides is 1. The van der Waals surface area contributed by atoms with Crippen LogP contribution in [0.5, 0.6) is 0 Å². The van der Waals surface area contributed by atoms with Crippen LogP contribution in [-0.2, 0) is 9.53 Å². The number of likely N-dealkylation sites (tertiary alicyclic amines) is 1. The van der Waals surface area contributed by atoms with E-state index in [1.807, 2.05) is 31.1 Å². The van der Waals surface area contributed by atoms with Gasteiger partial charge in [0.25, 0.3) is 0 Å². The van der Waals surface area contributed by atoms with Crippen LogP contribution in [0.2, 0.25) is 0 Å². The van der Waals surface area contributed by atoms with E-state index in [0.717, 1.165) is 48.6 Å². The lowest BCUT2D eigenvalue weighted by atomic mass is 9.95. The molecule has 2 fully saturated rings. The number of H-pyrrole nitrogens is 1. The number of rotatable bonds is 10. The standard InChI is InChI=1S/C36H43N5O2/c1-23(2)34(39-24(3)43-4)36(42)41-19-7-10-33(41)31-20-30(21-37-31)27-13-11-25(12-14-27)26-15-17-28(18-16-26)32-22-38-35(40-32)29-8-5-6-9-29/h11-18,21-23,29,33-34,39H,3,5-10,19-20H2,1-2,4H3,(H,38,40)/t33-,34-/m0/s1. The average Bonchev–Trinajstić information content (AvgIpc) is 3.86. The van der Waals surface area contributed by atoms with E-state index in [1.165, 1.54) is 47.9 Å². The number of allylic oxidation sites excluding steroid dienone is 1. The molecule has 3 aromatic rings. The lowest BCUT2D eigenvalue weighted by Crippen LogP contribution is -2.52. The predicted octanol–water partition coefficient (Wildman–Crippen LogP) is 7.31. The molecule has 3 heterocycles. The van der Waals surface area contributed by atoms with Gasteiger partial charge in [-0.05, 0) is 66.0 Å². The number of hydrogen-bond donors (Lipinski definition) is 2. The van der Waals surface area contributed by atoms with Crippen LogP contribution in [0.15, 0.2) is 78.4 Å². The number of hydrogen-bond acceptors (Lipinski definition) is 5. The van der Waals surface area contributed by atoms with Crippen LogP contribution in [0.3, 0.4) is 0 Å². The second kappa shape index (κ2) is 12.6. The monoisotopic (exact) mass is 577 g/mol. The van der Waals surface area contributed by atoms with Gasteiger partial charge in [-0.15, -0.1) is 0 Å². The molecule has 43 heavy (non-hydrogen) atoms. The van der Waals surface area contributed by atoms with Gasteiger partial charge in [0.1, 0.15) is 11.9 Å². The van der Waals surface area contributed by atoms with Gasteiger partial charge in [-0.3, -0.25) is 9.79 Å². The molecule has 2 aromatic carbocycles. The Balaban J connectivity index is 1.08. The number of methoxy groups -OCH3 is 1. The molecular formula is C36H43N5O2. The number of nitrogens with zero attached hydrogens (tertiary/aromatic N) is 3. The SMILES string of the molecule is C=C(N[C@H](C(=O)N1CCC[C@H]1C1=NC=C(c2ccc(-c3ccc(-c4cnc(C5CCCC5)[nH]4)cc3)cc2)C1)C(C)C)OC. The molecule has 3 aliphatic rings. The van der Waals surface area contributed by atoms with E-state index in [4.69, 9.17) is 9.73 Å². The first-order chi connectivity index (χ1) is 20.9. The van der Waals surface area contributed by atoms with Gasteiger partial charge in [-0.2, -0.15) is 0 Å². The first-order valence-electron chi connectivity index (χ1n) is 15.7. The molecule has 2 N–H and O–H groups in total. The van der Waals surface area contributed by atoms with E-state index < -0.39 is 0 Å². The molecule has 1 amide bonds. The zero-order valence-corrected chi connectivity index (χ0v) is 25.6. The molecule has 1 aromatic heterocycles. The molecule has 0 bridgehead atoms. The number of ether oxygens (including phenoxy) is 1. The number of imidazole rings is 1. The zero-order valence-electron chi connectivity index (χ0n) is 25.6. The van der Waals surface area contributed by atoms with Crippen molar-refractivity contribution in [1.29, 1.82) is 0 Å². The minimum absolute atomic E-state index is 0.0296. The zero-order chi connectivity index (χ0) is 29.9. The van der Waals surface area contributed by atoms with Gasteiger partial charge >= 0.3 is 0 Å². The number of nitrogens with one attached hydrogen (secondary N) is 2. The summed E-state index contributed by atoms with van der Waals surface area (Å²) < 4.78 is 5.20. The Kier molecular flexibility index (Phi) is 8.50. The van der Waals surface area contributed by atoms with Gasteiger partial charge in [-0.25, -0.2) is 4.98 Å². The van der Waals surface area contributed by atoms with Crippen LogP contribution in [0.4, 0.5) is 0 Å². The summed E-state index contributed by atoms with van der Waals surface area (Å²) in [6, 6.07) is 17.1. The topological polar surface area (TPSA) is 82.6 Å². The summed E-state index contributed by atoms with van der Waals surface area (Å²) in [5.74, 6) is 2.33. The molecule has 0 spiro atoms. The fourth-order valence-corrected chi connectivity index (χ4v) is 6.74.